The molecule has 1 aromatic heterocycles. The summed E-state index contributed by atoms with van der Waals surface area (Å²) in [6.07, 6.45) is -1.12. The molecule has 0 spiro atoms. The minimum Gasteiger partial charge on any atom is -0.486 e. The van der Waals surface area contributed by atoms with Crippen LogP contribution >= 0.6 is 11.3 Å². The van der Waals surface area contributed by atoms with Gasteiger partial charge in [-0.3, -0.25) is 14.9 Å². The van der Waals surface area contributed by atoms with Crippen molar-refractivity contribution in [1.29, 1.82) is 0 Å². The van der Waals surface area contributed by atoms with Crippen molar-refractivity contribution in [3.8, 4) is 11.5 Å². The lowest BCUT2D eigenvalue weighted by Gasteiger charge is -2.19. The highest BCUT2D eigenvalue weighted by atomic mass is 32.1. The van der Waals surface area contributed by atoms with Crippen LogP contribution in [0.2, 0.25) is 0 Å². The van der Waals surface area contributed by atoms with Gasteiger partial charge in [-0.25, -0.2) is 4.79 Å². The van der Waals surface area contributed by atoms with Crippen molar-refractivity contribution in [2.24, 2.45) is 0 Å². The van der Waals surface area contributed by atoms with E-state index in [9.17, 15) is 19.7 Å². The summed E-state index contributed by atoms with van der Waals surface area (Å²) in [5.41, 5.74) is -0.780. The van der Waals surface area contributed by atoms with Gasteiger partial charge in [-0.1, -0.05) is 6.07 Å². The predicted molar refractivity (Wildman–Crippen MR) is 95.1 cm³/mol. The van der Waals surface area contributed by atoms with Crippen molar-refractivity contribution in [3.05, 3.63) is 50.2 Å². The van der Waals surface area contributed by atoms with Crippen LogP contribution in [0.5, 0.6) is 11.5 Å². The number of nitro benzene ring substituents is 1. The molecule has 1 N–H and O–H groups in total. The molecule has 9 nitrogen and oxygen atoms in total. The van der Waals surface area contributed by atoms with Crippen LogP contribution in [0.1, 0.15) is 22.2 Å². The molecule has 0 fully saturated rings. The van der Waals surface area contributed by atoms with Crippen molar-refractivity contribution in [3.63, 3.8) is 0 Å². The molecular weight excluding hydrogens is 376 g/mol. The van der Waals surface area contributed by atoms with Gasteiger partial charge >= 0.3 is 5.97 Å². The molecule has 142 valence electrons. The number of hydrogen-bond donors (Lipinski definition) is 1. The highest BCUT2D eigenvalue weighted by Gasteiger charge is 2.29. The zero-order valence-corrected chi connectivity index (χ0v) is 15.1. The van der Waals surface area contributed by atoms with Crippen LogP contribution in [0.4, 0.5) is 5.69 Å². The monoisotopic (exact) mass is 392 g/mol. The number of carbonyl (C=O) groups excluding carboxylic acids is 2. The normalized spacial score (nSPS) is 13.5. The van der Waals surface area contributed by atoms with Gasteiger partial charge in [0.15, 0.2) is 17.6 Å². The summed E-state index contributed by atoms with van der Waals surface area (Å²) in [6.45, 7) is 2.23. The molecule has 0 saturated heterocycles. The Bertz CT molecular complexity index is 866. The maximum absolute atomic E-state index is 12.4. The van der Waals surface area contributed by atoms with Crippen LogP contribution in [0, 0.1) is 10.1 Å². The van der Waals surface area contributed by atoms with Crippen molar-refractivity contribution < 1.29 is 28.7 Å². The Labute approximate surface area is 158 Å². The summed E-state index contributed by atoms with van der Waals surface area (Å²) in [5.74, 6) is -1.09. The molecule has 0 bridgehead atoms. The molecule has 0 unspecified atom stereocenters. The maximum atomic E-state index is 12.4. The highest BCUT2D eigenvalue weighted by Crippen LogP contribution is 2.37. The third-order valence-electron chi connectivity index (χ3n) is 3.75. The molecular formula is C17H16N2O7S. The molecule has 27 heavy (non-hydrogen) atoms. The van der Waals surface area contributed by atoms with Gasteiger partial charge in [-0.15, -0.1) is 11.3 Å². The average Bonchev–Trinajstić information content (AvgIpc) is 3.18. The molecule has 1 aliphatic heterocycles. The summed E-state index contributed by atoms with van der Waals surface area (Å²) >= 11 is 1.48. The standard InChI is InChI=1S/C17H16N2O7S/c1-10(16(20)18-9-11-3-2-6-27-11)26-17(21)12-7-14-15(25-5-4-24-14)8-13(12)19(22)23/h2-3,6-8,10H,4-5,9H2,1H3,(H,18,20)/t10-/m0/s1. The third kappa shape index (κ3) is 4.34. The fraction of sp³-hybridized carbons (Fsp3) is 0.294. The van der Waals surface area contributed by atoms with E-state index in [1.165, 1.54) is 24.3 Å². The number of nitrogens with one attached hydrogen (secondary N) is 1. The van der Waals surface area contributed by atoms with Gasteiger partial charge in [0.25, 0.3) is 11.6 Å². The Morgan fingerprint density at radius 1 is 1.33 bits per heavy atom. The molecule has 0 aliphatic carbocycles. The molecule has 1 amide bonds. The van der Waals surface area contributed by atoms with Crippen molar-refractivity contribution >= 4 is 28.9 Å². The van der Waals surface area contributed by atoms with Crippen molar-refractivity contribution in [1.82, 2.24) is 5.32 Å². The zero-order chi connectivity index (χ0) is 19.4. The van der Waals surface area contributed by atoms with E-state index in [0.717, 1.165) is 10.9 Å². The van der Waals surface area contributed by atoms with Crippen molar-refractivity contribution in [2.75, 3.05) is 13.2 Å². The first kappa shape index (κ1) is 18.6. The third-order valence-corrected chi connectivity index (χ3v) is 4.62. The Balaban J connectivity index is 1.71. The second-order valence-electron chi connectivity index (χ2n) is 5.61. The van der Waals surface area contributed by atoms with Gasteiger partial charge in [0.2, 0.25) is 0 Å². The number of hydrogen-bond acceptors (Lipinski definition) is 8. The van der Waals surface area contributed by atoms with E-state index in [1.54, 1.807) is 0 Å². The fourth-order valence-electron chi connectivity index (χ4n) is 2.40. The van der Waals surface area contributed by atoms with Crippen LogP contribution in [0.25, 0.3) is 0 Å². The van der Waals surface area contributed by atoms with Crippen molar-refractivity contribution in [2.45, 2.75) is 19.6 Å². The number of rotatable bonds is 6. The number of benzene rings is 1. The maximum Gasteiger partial charge on any atom is 0.346 e. The fourth-order valence-corrected chi connectivity index (χ4v) is 3.05. The SMILES string of the molecule is C[C@H](OC(=O)c1cc2c(cc1[N+](=O)[O-])OCCO2)C(=O)NCc1cccs1. The Kier molecular flexibility index (Phi) is 5.55. The van der Waals surface area contributed by atoms with Crippen LogP contribution in [-0.2, 0) is 16.1 Å². The Morgan fingerprint density at radius 2 is 2.04 bits per heavy atom. The van der Waals surface area contributed by atoms with E-state index in [0.29, 0.717) is 6.54 Å². The predicted octanol–water partition coefficient (Wildman–Crippen LogP) is 2.29. The molecule has 0 saturated carbocycles. The Hall–Kier alpha value is -3.14. The van der Waals surface area contributed by atoms with Crippen LogP contribution in [0.3, 0.4) is 0 Å². The molecule has 0 radical (unpaired) electrons. The largest absolute Gasteiger partial charge is 0.486 e. The van der Waals surface area contributed by atoms with E-state index >= 15 is 0 Å². The van der Waals surface area contributed by atoms with Gasteiger partial charge in [-0.2, -0.15) is 0 Å². The van der Waals surface area contributed by atoms with Crippen LogP contribution in [-0.4, -0.2) is 36.1 Å². The van der Waals surface area contributed by atoms with Gasteiger partial charge in [0.05, 0.1) is 17.5 Å². The molecule has 1 aromatic carbocycles. The minimum absolute atomic E-state index is 0.186. The van der Waals surface area contributed by atoms with Gasteiger partial charge in [0.1, 0.15) is 18.8 Å². The second-order valence-corrected chi connectivity index (χ2v) is 6.65. The van der Waals surface area contributed by atoms with Crippen LogP contribution in [0.15, 0.2) is 29.6 Å². The number of esters is 1. The highest BCUT2D eigenvalue weighted by molar-refractivity contribution is 7.09. The topological polar surface area (TPSA) is 117 Å². The number of carbonyl (C=O) groups is 2. The van der Waals surface area contributed by atoms with Gasteiger partial charge in [-0.05, 0) is 18.4 Å². The lowest BCUT2D eigenvalue weighted by Crippen LogP contribution is -2.35. The summed E-state index contributed by atoms with van der Waals surface area (Å²) in [5, 5.41) is 15.8. The average molecular weight is 392 g/mol. The van der Waals surface area contributed by atoms with Gasteiger partial charge in [0, 0.05) is 10.9 Å². The number of thiophene rings is 1. The number of fused-ring (bicyclic) bond motifs is 1. The summed E-state index contributed by atoms with van der Waals surface area (Å²) in [6, 6.07) is 6.04. The Morgan fingerprint density at radius 3 is 2.67 bits per heavy atom. The summed E-state index contributed by atoms with van der Waals surface area (Å²) < 4.78 is 15.7. The molecule has 1 atom stereocenters. The first-order valence-electron chi connectivity index (χ1n) is 8.05. The number of nitrogens with zero attached hydrogens (tertiary/aromatic N) is 1. The first-order valence-corrected chi connectivity index (χ1v) is 8.93. The van der Waals surface area contributed by atoms with E-state index in [4.69, 9.17) is 14.2 Å². The lowest BCUT2D eigenvalue weighted by atomic mass is 10.1. The van der Waals surface area contributed by atoms with E-state index in [-0.39, 0.29) is 30.3 Å². The lowest BCUT2D eigenvalue weighted by molar-refractivity contribution is -0.385. The molecule has 10 heteroatoms. The number of ether oxygens (including phenoxy) is 3. The number of amides is 1. The first-order chi connectivity index (χ1) is 13.0. The molecule has 2 heterocycles. The number of nitro groups is 1. The summed E-state index contributed by atoms with van der Waals surface area (Å²) in [4.78, 5) is 36.0. The smallest absolute Gasteiger partial charge is 0.346 e. The molecule has 3 rings (SSSR count). The molecule has 1 aliphatic rings. The quantitative estimate of drug-likeness (QED) is 0.455. The summed E-state index contributed by atoms with van der Waals surface area (Å²) in [7, 11) is 0. The van der Waals surface area contributed by atoms with Crippen LogP contribution < -0.4 is 14.8 Å². The zero-order valence-electron chi connectivity index (χ0n) is 14.3. The van der Waals surface area contributed by atoms with E-state index in [2.05, 4.69) is 5.32 Å². The van der Waals surface area contributed by atoms with E-state index < -0.39 is 28.6 Å². The van der Waals surface area contributed by atoms with E-state index in [1.807, 2.05) is 17.5 Å². The van der Waals surface area contributed by atoms with Gasteiger partial charge < -0.3 is 19.5 Å². The second kappa shape index (κ2) is 8.04. The molecule has 2 aromatic rings. The minimum atomic E-state index is -1.12.